The van der Waals surface area contributed by atoms with Crippen molar-refractivity contribution in [3.8, 4) is 5.75 Å². The molecule has 1 atom stereocenters. The quantitative estimate of drug-likeness (QED) is 0.573. The van der Waals surface area contributed by atoms with Crippen LogP contribution < -0.4 is 10.1 Å². The number of aryl methyl sites for hydroxylation is 1. The van der Waals surface area contributed by atoms with E-state index in [9.17, 15) is 14.4 Å². The zero-order valence-electron chi connectivity index (χ0n) is 15.3. The van der Waals surface area contributed by atoms with Gasteiger partial charge in [-0.25, -0.2) is 0 Å². The second-order valence-electron chi connectivity index (χ2n) is 6.42. The molecule has 0 bridgehead atoms. The van der Waals surface area contributed by atoms with Crippen LogP contribution in [0.4, 0.5) is 0 Å². The van der Waals surface area contributed by atoms with Crippen LogP contribution in [0.25, 0.3) is 0 Å². The summed E-state index contributed by atoms with van der Waals surface area (Å²) in [5, 5.41) is 3.02. The van der Waals surface area contributed by atoms with Crippen LogP contribution in [-0.2, 0) is 4.79 Å². The zero-order valence-corrected chi connectivity index (χ0v) is 16.8. The van der Waals surface area contributed by atoms with Crippen molar-refractivity contribution in [2.75, 3.05) is 13.2 Å². The Morgan fingerprint density at radius 3 is 2.14 bits per heavy atom. The molecule has 28 heavy (non-hydrogen) atoms. The molecule has 1 N–H and O–H groups in total. The maximum atomic E-state index is 12.6. The van der Waals surface area contributed by atoms with E-state index >= 15 is 0 Å². The molecule has 8 heteroatoms. The maximum Gasteiger partial charge on any atom is 0.262 e. The Hall–Kier alpha value is -2.57. The van der Waals surface area contributed by atoms with E-state index in [4.69, 9.17) is 27.9 Å². The van der Waals surface area contributed by atoms with Gasteiger partial charge in [0.25, 0.3) is 11.8 Å². The van der Waals surface area contributed by atoms with Crippen molar-refractivity contribution in [2.24, 2.45) is 0 Å². The summed E-state index contributed by atoms with van der Waals surface area (Å²) in [6, 6.07) is 9.25. The fourth-order valence-corrected chi connectivity index (χ4v) is 3.17. The Bertz CT molecular complexity index is 903. The summed E-state index contributed by atoms with van der Waals surface area (Å²) >= 11 is 11.9. The van der Waals surface area contributed by atoms with Gasteiger partial charge >= 0.3 is 0 Å². The van der Waals surface area contributed by atoms with Crippen LogP contribution in [0.1, 0.15) is 33.2 Å². The monoisotopic (exact) mass is 420 g/mol. The predicted molar refractivity (Wildman–Crippen MR) is 106 cm³/mol. The Labute approximate surface area is 172 Å². The van der Waals surface area contributed by atoms with Gasteiger partial charge in [-0.15, -0.1) is 0 Å². The van der Waals surface area contributed by atoms with E-state index in [1.807, 2.05) is 31.2 Å². The number of nitrogens with one attached hydrogen (secondary N) is 1. The molecule has 146 valence electrons. The van der Waals surface area contributed by atoms with Crippen LogP contribution in [0.2, 0.25) is 10.0 Å². The molecule has 2 aromatic rings. The number of nitrogens with zero attached hydrogens (tertiary/aromatic N) is 1. The van der Waals surface area contributed by atoms with Gasteiger partial charge in [0.2, 0.25) is 5.91 Å². The van der Waals surface area contributed by atoms with E-state index in [-0.39, 0.29) is 34.3 Å². The lowest BCUT2D eigenvalue weighted by Gasteiger charge is -2.21. The number of hydrogen-bond donors (Lipinski definition) is 1. The predicted octanol–water partition coefficient (Wildman–Crippen LogP) is 3.48. The van der Waals surface area contributed by atoms with Gasteiger partial charge < -0.3 is 10.1 Å². The van der Waals surface area contributed by atoms with Crippen molar-refractivity contribution >= 4 is 40.9 Å². The third-order valence-corrected chi connectivity index (χ3v) is 5.14. The van der Waals surface area contributed by atoms with Crippen LogP contribution in [0.15, 0.2) is 36.4 Å². The molecule has 1 heterocycles. The van der Waals surface area contributed by atoms with Crippen molar-refractivity contribution < 1.29 is 19.1 Å². The molecule has 2 aromatic carbocycles. The third kappa shape index (κ3) is 3.98. The second-order valence-corrected chi connectivity index (χ2v) is 7.24. The molecule has 0 radical (unpaired) electrons. The molecular formula is C20H18Cl2N2O4. The zero-order chi connectivity index (χ0) is 20.4. The van der Waals surface area contributed by atoms with E-state index in [0.29, 0.717) is 5.75 Å². The minimum absolute atomic E-state index is 0.141. The van der Waals surface area contributed by atoms with Gasteiger partial charge in [0, 0.05) is 0 Å². The van der Waals surface area contributed by atoms with Crippen LogP contribution in [0, 0.1) is 6.92 Å². The van der Waals surface area contributed by atoms with E-state index in [2.05, 4.69) is 5.32 Å². The molecule has 1 aliphatic heterocycles. The highest BCUT2D eigenvalue weighted by Gasteiger charge is 2.41. The molecule has 0 saturated carbocycles. The van der Waals surface area contributed by atoms with Gasteiger partial charge in [-0.2, -0.15) is 0 Å². The summed E-state index contributed by atoms with van der Waals surface area (Å²) in [4.78, 5) is 38.4. The summed E-state index contributed by atoms with van der Waals surface area (Å²) in [6.45, 7) is 3.96. The first kappa shape index (κ1) is 20.2. The fraction of sp³-hybridized carbons (Fsp3) is 0.250. The van der Waals surface area contributed by atoms with Gasteiger partial charge in [-0.1, -0.05) is 40.9 Å². The highest BCUT2D eigenvalue weighted by Crippen LogP contribution is 2.32. The number of fused-ring (bicyclic) bond motifs is 1. The second kappa shape index (κ2) is 8.20. The molecule has 3 rings (SSSR count). The van der Waals surface area contributed by atoms with E-state index in [1.54, 1.807) is 0 Å². The third-order valence-electron chi connectivity index (χ3n) is 4.42. The minimum Gasteiger partial charge on any atom is -0.492 e. The summed E-state index contributed by atoms with van der Waals surface area (Å²) in [5.74, 6) is -0.907. The van der Waals surface area contributed by atoms with Crippen LogP contribution >= 0.6 is 23.2 Å². The lowest BCUT2D eigenvalue weighted by molar-refractivity contribution is -0.124. The summed E-state index contributed by atoms with van der Waals surface area (Å²) in [6.07, 6.45) is 0. The van der Waals surface area contributed by atoms with Crippen LogP contribution in [0.3, 0.4) is 0 Å². The van der Waals surface area contributed by atoms with Gasteiger partial charge in [0.1, 0.15) is 18.4 Å². The average molecular weight is 421 g/mol. The van der Waals surface area contributed by atoms with Gasteiger partial charge in [-0.3, -0.25) is 19.3 Å². The first-order valence-corrected chi connectivity index (χ1v) is 9.39. The maximum absolute atomic E-state index is 12.6. The normalized spacial score (nSPS) is 14.1. The Morgan fingerprint density at radius 2 is 1.61 bits per heavy atom. The Morgan fingerprint density at radius 1 is 1.07 bits per heavy atom. The molecule has 0 saturated heterocycles. The number of hydrogen-bond acceptors (Lipinski definition) is 4. The highest BCUT2D eigenvalue weighted by molar-refractivity contribution is 6.43. The fourth-order valence-electron chi connectivity index (χ4n) is 2.85. The number of carbonyl (C=O) groups is 3. The van der Waals surface area contributed by atoms with E-state index in [1.165, 1.54) is 19.1 Å². The number of rotatable bonds is 6. The number of benzene rings is 2. The number of imide groups is 1. The molecule has 1 aliphatic rings. The summed E-state index contributed by atoms with van der Waals surface area (Å²) in [7, 11) is 0. The van der Waals surface area contributed by atoms with Gasteiger partial charge in [0.05, 0.1) is 27.7 Å². The largest absolute Gasteiger partial charge is 0.492 e. The molecule has 0 spiro atoms. The summed E-state index contributed by atoms with van der Waals surface area (Å²) < 4.78 is 5.54. The van der Waals surface area contributed by atoms with Crippen molar-refractivity contribution in [2.45, 2.75) is 19.9 Å². The molecule has 0 fully saturated rings. The molecule has 3 amide bonds. The smallest absolute Gasteiger partial charge is 0.262 e. The number of halogens is 2. The van der Waals surface area contributed by atoms with Crippen molar-refractivity contribution in [3.05, 3.63) is 63.1 Å². The van der Waals surface area contributed by atoms with E-state index < -0.39 is 23.8 Å². The van der Waals surface area contributed by atoms with Crippen molar-refractivity contribution in [1.29, 1.82) is 0 Å². The molecule has 6 nitrogen and oxygen atoms in total. The molecule has 1 unspecified atom stereocenters. The van der Waals surface area contributed by atoms with Gasteiger partial charge in [-0.05, 0) is 38.1 Å². The molecular weight excluding hydrogens is 403 g/mol. The topological polar surface area (TPSA) is 75.7 Å². The Balaban J connectivity index is 1.58. The molecule has 0 aromatic heterocycles. The highest BCUT2D eigenvalue weighted by atomic mass is 35.5. The van der Waals surface area contributed by atoms with Crippen LogP contribution in [-0.4, -0.2) is 41.8 Å². The first-order valence-electron chi connectivity index (χ1n) is 8.63. The lowest BCUT2D eigenvalue weighted by Crippen LogP contribution is -2.48. The Kier molecular flexibility index (Phi) is 5.91. The first-order chi connectivity index (χ1) is 13.3. The number of carbonyl (C=O) groups excluding carboxylic acids is 3. The van der Waals surface area contributed by atoms with E-state index in [0.717, 1.165) is 10.5 Å². The average Bonchev–Trinajstić information content (AvgIpc) is 2.90. The van der Waals surface area contributed by atoms with Crippen LogP contribution in [0.5, 0.6) is 5.75 Å². The number of amides is 3. The molecule has 0 aliphatic carbocycles. The number of ether oxygens (including phenoxy) is 1. The minimum atomic E-state index is -0.982. The van der Waals surface area contributed by atoms with Crippen molar-refractivity contribution in [1.82, 2.24) is 10.2 Å². The SMILES string of the molecule is Cc1ccc(OCCNC(=O)C(C)N2C(=O)c3cc(Cl)c(Cl)cc3C2=O)cc1. The van der Waals surface area contributed by atoms with Gasteiger partial charge in [0.15, 0.2) is 0 Å². The lowest BCUT2D eigenvalue weighted by atomic mass is 10.1. The van der Waals surface area contributed by atoms with Crippen molar-refractivity contribution in [3.63, 3.8) is 0 Å². The standard InChI is InChI=1S/C20H18Cl2N2O4/c1-11-3-5-13(6-4-11)28-8-7-23-18(25)12(2)24-19(26)14-9-16(21)17(22)10-15(14)20(24)27/h3-6,9-10,12H,7-8H2,1-2H3,(H,23,25). The summed E-state index contributed by atoms with van der Waals surface area (Å²) in [5.41, 5.74) is 1.40.